The molecule has 0 atom stereocenters. The first-order valence-electron chi connectivity index (χ1n) is 7.35. The molecular weight excluding hydrogens is 335 g/mol. The van der Waals surface area contributed by atoms with Crippen LogP contribution in [0.3, 0.4) is 0 Å². The minimum absolute atomic E-state index is 0. The van der Waals surface area contributed by atoms with Crippen LogP contribution in [0.15, 0.2) is 33.5 Å². The maximum absolute atomic E-state index is 12.7. The fourth-order valence-corrected chi connectivity index (χ4v) is 2.54. The molecule has 1 aromatic carbocycles. The van der Waals surface area contributed by atoms with Crippen LogP contribution in [-0.4, -0.2) is 23.2 Å². The quantitative estimate of drug-likeness (QED) is 0.354. The van der Waals surface area contributed by atoms with Gasteiger partial charge in [0.15, 0.2) is 16.9 Å². The van der Waals surface area contributed by atoms with Gasteiger partial charge in [0.05, 0.1) is 11.4 Å². The summed E-state index contributed by atoms with van der Waals surface area (Å²) in [6.45, 7) is 4.01. The van der Waals surface area contributed by atoms with Crippen molar-refractivity contribution in [2.75, 3.05) is 12.1 Å². The fraction of sp³-hybridized carbons (Fsp3) is 0.235. The summed E-state index contributed by atoms with van der Waals surface area (Å²) in [4.78, 5) is 27.9. The third kappa shape index (κ3) is 3.41. The smallest absolute Gasteiger partial charge is 0.545 e. The summed E-state index contributed by atoms with van der Waals surface area (Å²) in [6, 6.07) is 6.40. The third-order valence-corrected chi connectivity index (χ3v) is 3.84. The van der Waals surface area contributed by atoms with E-state index in [2.05, 4.69) is 4.98 Å². The molecule has 0 saturated heterocycles. The number of rotatable bonds is 3. The number of hydroxylamine groups is 1. The Bertz CT molecular complexity index is 1030. The molecule has 0 amide bonds. The van der Waals surface area contributed by atoms with Crippen molar-refractivity contribution >= 4 is 33.9 Å². The first kappa shape index (κ1) is 19.4. The second-order valence-corrected chi connectivity index (χ2v) is 5.86. The summed E-state index contributed by atoms with van der Waals surface area (Å²) in [5.74, 6) is -1.58. The first-order valence-corrected chi connectivity index (χ1v) is 7.35. The maximum Gasteiger partial charge on any atom is 1.00 e. The van der Waals surface area contributed by atoms with Gasteiger partial charge in [-0.15, -0.1) is 0 Å². The van der Waals surface area contributed by atoms with Crippen molar-refractivity contribution in [3.8, 4) is 0 Å². The number of pyridine rings is 1. The van der Waals surface area contributed by atoms with Crippen LogP contribution in [0.2, 0.25) is 0 Å². The third-order valence-electron chi connectivity index (χ3n) is 3.84. The number of carbonyl (C=O) groups excluding carboxylic acids is 1. The second-order valence-electron chi connectivity index (χ2n) is 5.86. The summed E-state index contributed by atoms with van der Waals surface area (Å²) in [7, 11) is 1.21. The molecule has 3 aromatic rings. The number of carboxylic acid groups (broad SMARTS) is 1. The van der Waals surface area contributed by atoms with Crippen molar-refractivity contribution in [3.63, 3.8) is 0 Å². The van der Waals surface area contributed by atoms with E-state index in [-0.39, 0.29) is 63.4 Å². The van der Waals surface area contributed by atoms with Gasteiger partial charge in [-0.2, -0.15) is 0 Å². The molecule has 25 heavy (non-hydrogen) atoms. The van der Waals surface area contributed by atoms with Gasteiger partial charge in [0.1, 0.15) is 5.58 Å². The van der Waals surface area contributed by atoms with Crippen molar-refractivity contribution in [3.05, 3.63) is 45.6 Å². The van der Waals surface area contributed by atoms with Gasteiger partial charge in [0.2, 0.25) is 5.43 Å². The van der Waals surface area contributed by atoms with Gasteiger partial charge in [-0.1, -0.05) is 19.9 Å². The van der Waals surface area contributed by atoms with E-state index in [4.69, 9.17) is 4.42 Å². The molecule has 0 aliphatic rings. The minimum atomic E-state index is -1.53. The monoisotopic (exact) mass is 350 g/mol. The van der Waals surface area contributed by atoms with Crippen LogP contribution in [-0.2, 0) is 0 Å². The van der Waals surface area contributed by atoms with Crippen molar-refractivity contribution < 1.29 is 49.1 Å². The second kappa shape index (κ2) is 7.13. The number of hydrogen-bond acceptors (Lipinski definition) is 7. The van der Waals surface area contributed by atoms with Gasteiger partial charge in [0, 0.05) is 12.6 Å². The SMILES string of the molecule is CC(C)c1ccc2oc3cc(C(=O)[O-])c(N(C)O)nc3c(=O)c2c1.[Na+]. The van der Waals surface area contributed by atoms with Crippen molar-refractivity contribution in [2.24, 2.45) is 0 Å². The fourth-order valence-electron chi connectivity index (χ4n) is 2.54. The average molecular weight is 350 g/mol. The van der Waals surface area contributed by atoms with Crippen molar-refractivity contribution in [1.82, 2.24) is 4.98 Å². The molecule has 0 fully saturated rings. The Kier molecular flexibility index (Phi) is 5.53. The Morgan fingerprint density at radius 3 is 2.52 bits per heavy atom. The van der Waals surface area contributed by atoms with E-state index < -0.39 is 5.97 Å². The Morgan fingerprint density at radius 2 is 1.96 bits per heavy atom. The van der Waals surface area contributed by atoms with Crippen LogP contribution in [0.1, 0.15) is 35.7 Å². The molecule has 0 spiro atoms. The van der Waals surface area contributed by atoms with E-state index >= 15 is 0 Å². The topological polar surface area (TPSA) is 107 Å². The zero-order valence-corrected chi connectivity index (χ0v) is 16.4. The van der Waals surface area contributed by atoms with E-state index in [0.29, 0.717) is 16.0 Å². The largest absolute Gasteiger partial charge is 1.00 e. The van der Waals surface area contributed by atoms with Crippen molar-refractivity contribution in [2.45, 2.75) is 19.8 Å². The Hall–Kier alpha value is -1.93. The number of aromatic carboxylic acids is 1. The van der Waals surface area contributed by atoms with Gasteiger partial charge < -0.3 is 14.3 Å². The van der Waals surface area contributed by atoms with Crippen LogP contribution in [0.4, 0.5) is 5.82 Å². The molecule has 0 aliphatic carbocycles. The molecule has 0 saturated carbocycles. The normalized spacial score (nSPS) is 10.9. The number of nitrogens with zero attached hydrogens (tertiary/aromatic N) is 2. The number of fused-ring (bicyclic) bond motifs is 2. The molecule has 8 heteroatoms. The van der Waals surface area contributed by atoms with Gasteiger partial charge in [-0.3, -0.25) is 10.0 Å². The van der Waals surface area contributed by atoms with Gasteiger partial charge in [-0.25, -0.2) is 10.0 Å². The van der Waals surface area contributed by atoms with Crippen LogP contribution in [0.25, 0.3) is 22.1 Å². The van der Waals surface area contributed by atoms with Gasteiger partial charge in [0.25, 0.3) is 0 Å². The summed E-state index contributed by atoms with van der Waals surface area (Å²) < 4.78 is 5.63. The molecule has 7 nitrogen and oxygen atoms in total. The molecule has 3 rings (SSSR count). The van der Waals surface area contributed by atoms with E-state index in [9.17, 15) is 19.9 Å². The van der Waals surface area contributed by atoms with Gasteiger partial charge in [-0.05, 0) is 29.7 Å². The predicted octanol–water partition coefficient (Wildman–Crippen LogP) is -1.34. The maximum atomic E-state index is 12.7. The summed E-state index contributed by atoms with van der Waals surface area (Å²) in [6.07, 6.45) is 0. The molecule has 2 aromatic heterocycles. The summed E-state index contributed by atoms with van der Waals surface area (Å²) in [5, 5.41) is 21.7. The number of carboxylic acids is 1. The molecule has 124 valence electrons. The Morgan fingerprint density at radius 1 is 1.28 bits per heavy atom. The molecular formula is C17H15N2NaO5. The minimum Gasteiger partial charge on any atom is -0.545 e. The number of aromatic nitrogens is 1. The zero-order valence-electron chi connectivity index (χ0n) is 14.4. The van der Waals surface area contributed by atoms with E-state index in [1.54, 1.807) is 12.1 Å². The van der Waals surface area contributed by atoms with Gasteiger partial charge >= 0.3 is 29.6 Å². The standard InChI is InChI=1S/C17H16N2O5.Na/c1-8(2)9-4-5-12-10(6-9)15(20)14-13(24-12)7-11(17(21)22)16(18-14)19(3)23;/h4-8,23H,1-3H3,(H,21,22);/q;+1/p-1. The Balaban J connectivity index is 0.00000225. The molecule has 0 unspecified atom stereocenters. The van der Waals surface area contributed by atoms with E-state index in [0.717, 1.165) is 11.6 Å². The molecule has 2 heterocycles. The van der Waals surface area contributed by atoms with Crippen LogP contribution in [0.5, 0.6) is 0 Å². The van der Waals surface area contributed by atoms with Crippen molar-refractivity contribution in [1.29, 1.82) is 0 Å². The number of carbonyl (C=O) groups is 1. The molecule has 1 N–H and O–H groups in total. The average Bonchev–Trinajstić information content (AvgIpc) is 2.53. The molecule has 0 radical (unpaired) electrons. The first-order chi connectivity index (χ1) is 11.3. The van der Waals surface area contributed by atoms with Crippen LogP contribution < -0.4 is 45.2 Å². The number of hydrogen-bond donors (Lipinski definition) is 1. The summed E-state index contributed by atoms with van der Waals surface area (Å²) in [5.41, 5.74) is 0.530. The molecule has 0 aliphatic heterocycles. The summed E-state index contributed by atoms with van der Waals surface area (Å²) >= 11 is 0. The molecule has 0 bridgehead atoms. The van der Waals surface area contributed by atoms with E-state index in [1.165, 1.54) is 7.05 Å². The number of benzene rings is 1. The van der Waals surface area contributed by atoms with Crippen LogP contribution in [0, 0.1) is 0 Å². The number of anilines is 1. The van der Waals surface area contributed by atoms with E-state index in [1.807, 2.05) is 19.9 Å². The predicted molar refractivity (Wildman–Crippen MR) is 86.4 cm³/mol. The Labute approximate surface area is 165 Å². The zero-order chi connectivity index (χ0) is 17.6. The van der Waals surface area contributed by atoms with Crippen LogP contribution >= 0.6 is 0 Å².